The molecule has 1 aromatic heterocycles. The van der Waals surface area contributed by atoms with Gasteiger partial charge in [0.2, 0.25) is 0 Å². The van der Waals surface area contributed by atoms with Crippen LogP contribution in [0.3, 0.4) is 0 Å². The van der Waals surface area contributed by atoms with Gasteiger partial charge in [-0.05, 0) is 31.0 Å². The highest BCUT2D eigenvalue weighted by Crippen LogP contribution is 2.37. The summed E-state index contributed by atoms with van der Waals surface area (Å²) in [6.07, 6.45) is 3.98. The Hall–Kier alpha value is -1.76. The maximum atomic E-state index is 13.2. The van der Waals surface area contributed by atoms with E-state index in [0.717, 1.165) is 30.1 Å². The molecule has 2 aromatic rings. The maximum absolute atomic E-state index is 13.2. The molecule has 1 atom stereocenters. The van der Waals surface area contributed by atoms with E-state index in [1.165, 1.54) is 17.8 Å². The number of hydrogen-bond acceptors (Lipinski definition) is 4. The minimum atomic E-state index is -1.00. The van der Waals surface area contributed by atoms with Gasteiger partial charge in [-0.2, -0.15) is 0 Å². The first-order valence-electron chi connectivity index (χ1n) is 7.08. The van der Waals surface area contributed by atoms with E-state index < -0.39 is 11.6 Å². The second-order valence-corrected chi connectivity index (χ2v) is 6.44. The summed E-state index contributed by atoms with van der Waals surface area (Å²) in [6.45, 7) is 1.77. The van der Waals surface area contributed by atoms with Crippen molar-refractivity contribution in [1.82, 2.24) is 14.8 Å². The molecule has 1 saturated carbocycles. The second kappa shape index (κ2) is 6.16. The molecule has 116 valence electrons. The smallest absolute Gasteiger partial charge is 0.191 e. The molecule has 1 unspecified atom stereocenters. The standard InChI is InChI=1S/C15H15F2N3OS/c1-9(14(21)10-2-5-12(16)13(17)6-10)7-22-15-19-18-8-20(15)11-3-4-11/h2,5-6,8-9,11H,3-4,7H2,1H3. The van der Waals surface area contributed by atoms with E-state index in [1.54, 1.807) is 13.3 Å². The van der Waals surface area contributed by atoms with Crippen LogP contribution in [0, 0.1) is 17.6 Å². The van der Waals surface area contributed by atoms with Crippen molar-refractivity contribution in [3.8, 4) is 0 Å². The molecule has 1 heterocycles. The number of rotatable bonds is 6. The third kappa shape index (κ3) is 3.19. The van der Waals surface area contributed by atoms with Gasteiger partial charge >= 0.3 is 0 Å². The first-order valence-corrected chi connectivity index (χ1v) is 8.06. The number of thioether (sulfide) groups is 1. The molecule has 1 aliphatic rings. The average Bonchev–Trinajstić information content (AvgIpc) is 3.25. The van der Waals surface area contributed by atoms with Crippen LogP contribution in [0.5, 0.6) is 0 Å². The highest BCUT2D eigenvalue weighted by molar-refractivity contribution is 7.99. The summed E-state index contributed by atoms with van der Waals surface area (Å²) in [4.78, 5) is 12.3. The summed E-state index contributed by atoms with van der Waals surface area (Å²) < 4.78 is 28.1. The van der Waals surface area contributed by atoms with Crippen LogP contribution in [-0.2, 0) is 0 Å². The summed E-state index contributed by atoms with van der Waals surface area (Å²) in [5, 5.41) is 8.76. The Kier molecular flexibility index (Phi) is 4.24. The van der Waals surface area contributed by atoms with Gasteiger partial charge in [0.1, 0.15) is 6.33 Å². The van der Waals surface area contributed by atoms with Gasteiger partial charge in [-0.25, -0.2) is 8.78 Å². The van der Waals surface area contributed by atoms with E-state index >= 15 is 0 Å². The average molecular weight is 323 g/mol. The number of halogens is 2. The summed E-state index contributed by atoms with van der Waals surface area (Å²) in [5.41, 5.74) is 0.190. The van der Waals surface area contributed by atoms with Crippen LogP contribution < -0.4 is 0 Å². The molecule has 3 rings (SSSR count). The molecular formula is C15H15F2N3OS. The molecule has 4 nitrogen and oxygen atoms in total. The van der Waals surface area contributed by atoms with Gasteiger partial charge in [-0.1, -0.05) is 18.7 Å². The monoisotopic (exact) mass is 323 g/mol. The predicted molar refractivity (Wildman–Crippen MR) is 78.9 cm³/mol. The Balaban J connectivity index is 1.63. The van der Waals surface area contributed by atoms with Crippen LogP contribution in [-0.4, -0.2) is 26.3 Å². The largest absolute Gasteiger partial charge is 0.306 e. The lowest BCUT2D eigenvalue weighted by atomic mass is 10.0. The lowest BCUT2D eigenvalue weighted by molar-refractivity contribution is 0.0941. The number of Topliss-reactive ketones (excluding diaryl/α,β-unsaturated/α-hetero) is 1. The van der Waals surface area contributed by atoms with E-state index in [4.69, 9.17) is 0 Å². The molecule has 0 radical (unpaired) electrons. The fourth-order valence-electron chi connectivity index (χ4n) is 2.15. The van der Waals surface area contributed by atoms with Crippen molar-refractivity contribution in [3.63, 3.8) is 0 Å². The highest BCUT2D eigenvalue weighted by atomic mass is 32.2. The first-order chi connectivity index (χ1) is 10.6. The zero-order valence-electron chi connectivity index (χ0n) is 12.0. The molecular weight excluding hydrogens is 308 g/mol. The summed E-state index contributed by atoms with van der Waals surface area (Å²) in [5.74, 6) is -1.96. The second-order valence-electron chi connectivity index (χ2n) is 5.46. The topological polar surface area (TPSA) is 47.8 Å². The molecule has 0 N–H and O–H groups in total. The first kappa shape index (κ1) is 15.1. The SMILES string of the molecule is CC(CSc1nncn1C1CC1)C(=O)c1ccc(F)c(F)c1. The van der Waals surface area contributed by atoms with Gasteiger partial charge in [0.05, 0.1) is 0 Å². The Morgan fingerprint density at radius 2 is 2.18 bits per heavy atom. The zero-order chi connectivity index (χ0) is 15.7. The molecule has 22 heavy (non-hydrogen) atoms. The van der Waals surface area contributed by atoms with Crippen molar-refractivity contribution >= 4 is 17.5 Å². The van der Waals surface area contributed by atoms with Crippen LogP contribution in [0.2, 0.25) is 0 Å². The van der Waals surface area contributed by atoms with Gasteiger partial charge in [0.25, 0.3) is 0 Å². The fourth-order valence-corrected chi connectivity index (χ4v) is 3.15. The van der Waals surface area contributed by atoms with Crippen molar-refractivity contribution < 1.29 is 13.6 Å². The van der Waals surface area contributed by atoms with Gasteiger partial charge in [-0.3, -0.25) is 4.79 Å². The predicted octanol–water partition coefficient (Wildman–Crippen LogP) is 3.50. The van der Waals surface area contributed by atoms with E-state index in [0.29, 0.717) is 11.8 Å². The molecule has 1 fully saturated rings. The van der Waals surface area contributed by atoms with Crippen molar-refractivity contribution in [3.05, 3.63) is 41.7 Å². The number of hydrogen-bond donors (Lipinski definition) is 0. The Bertz CT molecular complexity index is 700. The lowest BCUT2D eigenvalue weighted by Gasteiger charge is -2.10. The van der Waals surface area contributed by atoms with Gasteiger partial charge in [-0.15, -0.1) is 10.2 Å². The summed E-state index contributed by atoms with van der Waals surface area (Å²) in [7, 11) is 0. The molecule has 7 heteroatoms. The molecule has 1 aliphatic carbocycles. The van der Waals surface area contributed by atoms with Gasteiger partial charge < -0.3 is 4.57 Å². The molecule has 0 spiro atoms. The van der Waals surface area contributed by atoms with Gasteiger partial charge in [0.15, 0.2) is 22.6 Å². The van der Waals surface area contributed by atoms with E-state index in [9.17, 15) is 13.6 Å². The van der Waals surface area contributed by atoms with Crippen LogP contribution in [0.25, 0.3) is 0 Å². The quantitative estimate of drug-likeness (QED) is 0.603. The molecule has 0 amide bonds. The number of ketones is 1. The van der Waals surface area contributed by atoms with Crippen LogP contribution in [0.15, 0.2) is 29.7 Å². The minimum absolute atomic E-state index is 0.190. The van der Waals surface area contributed by atoms with Crippen molar-refractivity contribution in [2.75, 3.05) is 5.75 Å². The van der Waals surface area contributed by atoms with Crippen molar-refractivity contribution in [2.24, 2.45) is 5.92 Å². The Morgan fingerprint density at radius 1 is 1.41 bits per heavy atom. The lowest BCUT2D eigenvalue weighted by Crippen LogP contribution is -2.14. The summed E-state index contributed by atoms with van der Waals surface area (Å²) >= 11 is 1.46. The highest BCUT2D eigenvalue weighted by Gasteiger charge is 2.27. The number of carbonyl (C=O) groups excluding carboxylic acids is 1. The normalized spacial score (nSPS) is 15.8. The van der Waals surface area contributed by atoms with Gasteiger partial charge in [0, 0.05) is 23.3 Å². The summed E-state index contributed by atoms with van der Waals surface area (Å²) in [6, 6.07) is 3.72. The van der Waals surface area contributed by atoms with E-state index in [2.05, 4.69) is 10.2 Å². The van der Waals surface area contributed by atoms with Crippen LogP contribution in [0.1, 0.15) is 36.2 Å². The maximum Gasteiger partial charge on any atom is 0.191 e. The molecule has 0 aliphatic heterocycles. The number of aromatic nitrogens is 3. The van der Waals surface area contributed by atoms with Crippen molar-refractivity contribution in [1.29, 1.82) is 0 Å². The van der Waals surface area contributed by atoms with Crippen LogP contribution in [0.4, 0.5) is 8.78 Å². The van der Waals surface area contributed by atoms with Crippen LogP contribution >= 0.6 is 11.8 Å². The number of nitrogens with zero attached hydrogens (tertiary/aromatic N) is 3. The van der Waals surface area contributed by atoms with Crippen molar-refractivity contribution in [2.45, 2.75) is 31.0 Å². The Morgan fingerprint density at radius 3 is 2.86 bits per heavy atom. The molecule has 0 bridgehead atoms. The number of benzene rings is 1. The number of carbonyl (C=O) groups is 1. The Labute approximate surface area is 130 Å². The van der Waals surface area contributed by atoms with E-state index in [-0.39, 0.29) is 17.3 Å². The van der Waals surface area contributed by atoms with E-state index in [1.807, 2.05) is 4.57 Å². The molecule has 0 saturated heterocycles. The zero-order valence-corrected chi connectivity index (χ0v) is 12.8. The third-order valence-corrected chi connectivity index (χ3v) is 4.81. The fraction of sp³-hybridized carbons (Fsp3) is 0.400. The molecule has 1 aromatic carbocycles. The minimum Gasteiger partial charge on any atom is -0.306 e. The third-order valence-electron chi connectivity index (χ3n) is 3.59.